The number of nitrogen functional groups attached to an aromatic ring is 1. The van der Waals surface area contributed by atoms with Crippen molar-refractivity contribution in [2.45, 2.75) is 37.4 Å². The summed E-state index contributed by atoms with van der Waals surface area (Å²) in [5.41, 5.74) is 2.51. The van der Waals surface area contributed by atoms with Crippen LogP contribution in [0.1, 0.15) is 26.2 Å². The summed E-state index contributed by atoms with van der Waals surface area (Å²) in [6.45, 7) is 3.55. The zero-order valence-electron chi connectivity index (χ0n) is 12.4. The van der Waals surface area contributed by atoms with Gasteiger partial charge in [-0.2, -0.15) is 0 Å². The van der Waals surface area contributed by atoms with Gasteiger partial charge >= 0.3 is 0 Å². The summed E-state index contributed by atoms with van der Waals surface area (Å²) >= 11 is 1.42. The van der Waals surface area contributed by atoms with Crippen LogP contribution in [0.5, 0.6) is 0 Å². The molecule has 0 spiro atoms. The van der Waals surface area contributed by atoms with Gasteiger partial charge in [-0.25, -0.2) is 15.8 Å². The molecule has 0 saturated carbocycles. The molecule has 1 aromatic heterocycles. The molecule has 1 unspecified atom stereocenters. The quantitative estimate of drug-likeness (QED) is 0.326. The number of nitrogens with one attached hydrogen (secondary N) is 2. The lowest BCUT2D eigenvalue weighted by Crippen LogP contribution is -2.44. The van der Waals surface area contributed by atoms with E-state index in [1.807, 2.05) is 18.1 Å². The monoisotopic (exact) mass is 310 g/mol. The molecule has 1 fully saturated rings. The van der Waals surface area contributed by atoms with Gasteiger partial charge in [0.1, 0.15) is 17.7 Å². The maximum absolute atomic E-state index is 12.4. The summed E-state index contributed by atoms with van der Waals surface area (Å²) < 4.78 is 0. The second-order valence-electron chi connectivity index (χ2n) is 5.02. The standard InChI is InChI=1S/C13H22N6OS/c1-9(12(20)19-6-4-3-5-7-19)15-10-8-11(18-14)17-13(16-10)21-2/h8-9H,3-7,14H2,1-2H3,(H2,15,16,17,18). The Balaban J connectivity index is 2.04. The molecule has 1 saturated heterocycles. The summed E-state index contributed by atoms with van der Waals surface area (Å²) in [4.78, 5) is 22.8. The van der Waals surface area contributed by atoms with Gasteiger partial charge in [0, 0.05) is 19.2 Å². The normalized spacial score (nSPS) is 16.4. The van der Waals surface area contributed by atoms with E-state index in [-0.39, 0.29) is 11.9 Å². The molecule has 4 N–H and O–H groups in total. The molecule has 1 aromatic rings. The van der Waals surface area contributed by atoms with E-state index in [2.05, 4.69) is 20.7 Å². The smallest absolute Gasteiger partial charge is 0.244 e. The highest BCUT2D eigenvalue weighted by Gasteiger charge is 2.22. The predicted molar refractivity (Wildman–Crippen MR) is 85.1 cm³/mol. The van der Waals surface area contributed by atoms with Gasteiger partial charge in [-0.15, -0.1) is 0 Å². The highest BCUT2D eigenvalue weighted by molar-refractivity contribution is 7.98. The second-order valence-corrected chi connectivity index (χ2v) is 5.79. The van der Waals surface area contributed by atoms with Crippen LogP contribution in [0.15, 0.2) is 11.2 Å². The third-order valence-electron chi connectivity index (χ3n) is 3.44. The third kappa shape index (κ3) is 4.21. The van der Waals surface area contributed by atoms with Crippen LogP contribution in [-0.4, -0.2) is 46.2 Å². The molecule has 21 heavy (non-hydrogen) atoms. The number of carbonyl (C=O) groups excluding carboxylic acids is 1. The summed E-state index contributed by atoms with van der Waals surface area (Å²) in [6, 6.07) is 1.37. The summed E-state index contributed by atoms with van der Waals surface area (Å²) in [5.74, 6) is 6.63. The second kappa shape index (κ2) is 7.46. The summed E-state index contributed by atoms with van der Waals surface area (Å²) in [5, 5.41) is 3.74. The Morgan fingerprint density at radius 3 is 2.62 bits per heavy atom. The predicted octanol–water partition coefficient (Wildman–Crippen LogP) is 1.30. The van der Waals surface area contributed by atoms with Crippen molar-refractivity contribution in [2.24, 2.45) is 5.84 Å². The summed E-state index contributed by atoms with van der Waals surface area (Å²) in [6.07, 6.45) is 5.27. The molecule has 1 atom stereocenters. The van der Waals surface area contributed by atoms with Crippen molar-refractivity contribution < 1.29 is 4.79 Å². The molecule has 0 aromatic carbocycles. The highest BCUT2D eigenvalue weighted by Crippen LogP contribution is 2.18. The molecular formula is C13H22N6OS. The molecule has 8 heteroatoms. The van der Waals surface area contributed by atoms with E-state index in [4.69, 9.17) is 5.84 Å². The Hall–Kier alpha value is -1.54. The van der Waals surface area contributed by atoms with Gasteiger partial charge in [-0.1, -0.05) is 11.8 Å². The molecule has 2 rings (SSSR count). The van der Waals surface area contributed by atoms with Gasteiger partial charge in [0.25, 0.3) is 0 Å². The number of likely N-dealkylation sites (tertiary alicyclic amines) is 1. The number of aromatic nitrogens is 2. The van der Waals surface area contributed by atoms with Crippen LogP contribution >= 0.6 is 11.8 Å². The lowest BCUT2D eigenvalue weighted by Gasteiger charge is -2.29. The van der Waals surface area contributed by atoms with Crippen molar-refractivity contribution in [2.75, 3.05) is 30.1 Å². The van der Waals surface area contributed by atoms with Crippen LogP contribution in [0.25, 0.3) is 0 Å². The number of nitrogens with zero attached hydrogens (tertiary/aromatic N) is 3. The fourth-order valence-electron chi connectivity index (χ4n) is 2.34. The number of carbonyl (C=O) groups is 1. The maximum atomic E-state index is 12.4. The van der Waals surface area contributed by atoms with Crippen LogP contribution in [0.2, 0.25) is 0 Å². The third-order valence-corrected chi connectivity index (χ3v) is 3.99. The van der Waals surface area contributed by atoms with E-state index >= 15 is 0 Å². The zero-order chi connectivity index (χ0) is 15.2. The van der Waals surface area contributed by atoms with Crippen molar-refractivity contribution in [1.29, 1.82) is 0 Å². The first kappa shape index (κ1) is 15.8. The Bertz CT molecular complexity index is 469. The fourth-order valence-corrected chi connectivity index (χ4v) is 2.72. The molecule has 0 radical (unpaired) electrons. The van der Waals surface area contributed by atoms with E-state index in [9.17, 15) is 4.79 Å². The molecule has 116 valence electrons. The largest absolute Gasteiger partial charge is 0.358 e. The molecule has 0 aliphatic carbocycles. The van der Waals surface area contributed by atoms with Gasteiger partial charge in [0.2, 0.25) is 5.91 Å². The Morgan fingerprint density at radius 1 is 1.33 bits per heavy atom. The van der Waals surface area contributed by atoms with Crippen LogP contribution in [0.4, 0.5) is 11.6 Å². The molecule has 0 bridgehead atoms. The Morgan fingerprint density at radius 2 is 2.00 bits per heavy atom. The average molecular weight is 310 g/mol. The van der Waals surface area contributed by atoms with Crippen LogP contribution in [-0.2, 0) is 4.79 Å². The van der Waals surface area contributed by atoms with Crippen LogP contribution < -0.4 is 16.6 Å². The molecule has 1 amide bonds. The molecule has 2 heterocycles. The van der Waals surface area contributed by atoms with E-state index < -0.39 is 0 Å². The minimum Gasteiger partial charge on any atom is -0.358 e. The first-order valence-corrected chi connectivity index (χ1v) is 8.31. The number of rotatable bonds is 5. The number of nitrogens with two attached hydrogens (primary N) is 1. The first-order valence-electron chi connectivity index (χ1n) is 7.09. The number of anilines is 2. The summed E-state index contributed by atoms with van der Waals surface area (Å²) in [7, 11) is 0. The molecular weight excluding hydrogens is 288 g/mol. The topological polar surface area (TPSA) is 96.2 Å². The van der Waals surface area contributed by atoms with Crippen molar-refractivity contribution in [3.05, 3.63) is 6.07 Å². The number of hydrogen-bond acceptors (Lipinski definition) is 7. The average Bonchev–Trinajstić information content (AvgIpc) is 2.54. The number of hydrogen-bond donors (Lipinski definition) is 3. The lowest BCUT2D eigenvalue weighted by molar-refractivity contribution is -0.132. The van der Waals surface area contributed by atoms with Crippen molar-refractivity contribution in [3.8, 4) is 0 Å². The molecule has 1 aliphatic rings. The van der Waals surface area contributed by atoms with Gasteiger partial charge in [0.05, 0.1) is 0 Å². The number of amides is 1. The number of thioether (sulfide) groups is 1. The molecule has 1 aliphatic heterocycles. The molecule has 7 nitrogen and oxygen atoms in total. The van der Waals surface area contributed by atoms with Crippen molar-refractivity contribution >= 4 is 29.3 Å². The minimum absolute atomic E-state index is 0.112. The minimum atomic E-state index is -0.321. The Kier molecular flexibility index (Phi) is 5.63. The zero-order valence-corrected chi connectivity index (χ0v) is 13.2. The number of hydrazine groups is 1. The van der Waals surface area contributed by atoms with E-state index in [0.29, 0.717) is 16.8 Å². The number of piperidine rings is 1. The SMILES string of the molecule is CSc1nc(NN)cc(NC(C)C(=O)N2CCCCC2)n1. The highest BCUT2D eigenvalue weighted by atomic mass is 32.2. The van der Waals surface area contributed by atoms with Gasteiger partial charge in [0.15, 0.2) is 5.16 Å². The fraction of sp³-hybridized carbons (Fsp3) is 0.615. The Labute approximate surface area is 129 Å². The van der Waals surface area contributed by atoms with E-state index in [0.717, 1.165) is 25.9 Å². The lowest BCUT2D eigenvalue weighted by atomic mass is 10.1. The first-order chi connectivity index (χ1) is 10.1. The van der Waals surface area contributed by atoms with Gasteiger partial charge in [-0.05, 0) is 32.4 Å². The van der Waals surface area contributed by atoms with Crippen LogP contribution in [0.3, 0.4) is 0 Å². The van der Waals surface area contributed by atoms with Crippen LogP contribution in [0, 0.1) is 0 Å². The van der Waals surface area contributed by atoms with Gasteiger partial charge < -0.3 is 15.6 Å². The van der Waals surface area contributed by atoms with Crippen molar-refractivity contribution in [3.63, 3.8) is 0 Å². The maximum Gasteiger partial charge on any atom is 0.244 e. The van der Waals surface area contributed by atoms with E-state index in [1.165, 1.54) is 18.2 Å². The van der Waals surface area contributed by atoms with Crippen molar-refractivity contribution in [1.82, 2.24) is 14.9 Å². The van der Waals surface area contributed by atoms with E-state index in [1.54, 1.807) is 6.07 Å². The van der Waals surface area contributed by atoms with Gasteiger partial charge in [-0.3, -0.25) is 4.79 Å².